The molecule has 0 saturated heterocycles. The molecule has 0 bridgehead atoms. The predicted octanol–water partition coefficient (Wildman–Crippen LogP) is 3.17. The predicted molar refractivity (Wildman–Crippen MR) is 74.7 cm³/mol. The third-order valence-electron chi connectivity index (χ3n) is 3.66. The first-order valence-electron chi connectivity index (χ1n) is 7.04. The molecule has 0 radical (unpaired) electrons. The highest BCUT2D eigenvalue weighted by atomic mass is 19.1. The fourth-order valence-corrected chi connectivity index (χ4v) is 2.13. The minimum Gasteiger partial charge on any atom is -0.380 e. The van der Waals surface area contributed by atoms with Gasteiger partial charge in [0.1, 0.15) is 17.3 Å². The number of carbonyl (C=O) groups excluding carboxylic acids is 1. The van der Waals surface area contributed by atoms with Crippen LogP contribution in [0.3, 0.4) is 0 Å². The monoisotopic (exact) mass is 282 g/mol. The number of hydrogen-bond acceptors (Lipinski definition) is 2. The minimum atomic E-state index is -0.733. The van der Waals surface area contributed by atoms with Crippen LogP contribution in [0.1, 0.15) is 37.0 Å². The van der Waals surface area contributed by atoms with Gasteiger partial charge in [-0.2, -0.15) is 0 Å². The van der Waals surface area contributed by atoms with Gasteiger partial charge in [-0.25, -0.2) is 8.78 Å². The number of carbonyl (C=O) groups is 1. The van der Waals surface area contributed by atoms with E-state index >= 15 is 0 Å². The Hall–Kier alpha value is -1.65. The first-order chi connectivity index (χ1) is 9.52. The van der Waals surface area contributed by atoms with E-state index < -0.39 is 17.5 Å². The third kappa shape index (κ3) is 3.46. The van der Waals surface area contributed by atoms with Crippen LogP contribution in [0.15, 0.2) is 12.1 Å². The van der Waals surface area contributed by atoms with E-state index in [-0.39, 0.29) is 11.3 Å². The molecule has 2 unspecified atom stereocenters. The summed E-state index contributed by atoms with van der Waals surface area (Å²) < 4.78 is 27.6. The molecular formula is C15H20F2N2O. The minimum absolute atomic E-state index is 0.0235. The van der Waals surface area contributed by atoms with E-state index in [1.807, 2.05) is 6.92 Å². The van der Waals surface area contributed by atoms with E-state index in [0.29, 0.717) is 24.9 Å². The van der Waals surface area contributed by atoms with Crippen molar-refractivity contribution in [2.75, 3.05) is 18.4 Å². The average molecular weight is 282 g/mol. The SMILES string of the molecule is CCCNc1c(F)cc(C(=O)NCC2CC2C)cc1F. The summed E-state index contributed by atoms with van der Waals surface area (Å²) in [5.74, 6) is -0.765. The van der Waals surface area contributed by atoms with E-state index in [0.717, 1.165) is 25.0 Å². The molecule has 1 aromatic rings. The van der Waals surface area contributed by atoms with Gasteiger partial charge in [-0.15, -0.1) is 0 Å². The maximum atomic E-state index is 13.8. The van der Waals surface area contributed by atoms with Gasteiger partial charge in [0.05, 0.1) is 0 Å². The Labute approximate surface area is 117 Å². The van der Waals surface area contributed by atoms with E-state index in [4.69, 9.17) is 0 Å². The Morgan fingerprint density at radius 2 is 1.95 bits per heavy atom. The molecule has 0 spiro atoms. The fourth-order valence-electron chi connectivity index (χ4n) is 2.13. The second kappa shape index (κ2) is 6.20. The lowest BCUT2D eigenvalue weighted by Crippen LogP contribution is -2.26. The van der Waals surface area contributed by atoms with E-state index in [1.54, 1.807) is 0 Å². The molecule has 1 aliphatic carbocycles. The summed E-state index contributed by atoms with van der Waals surface area (Å²) in [5.41, 5.74) is -0.144. The lowest BCUT2D eigenvalue weighted by molar-refractivity contribution is 0.0950. The molecule has 110 valence electrons. The number of hydrogen-bond donors (Lipinski definition) is 2. The molecule has 0 aromatic heterocycles. The zero-order valence-corrected chi connectivity index (χ0v) is 11.8. The van der Waals surface area contributed by atoms with Crippen molar-refractivity contribution in [3.05, 3.63) is 29.3 Å². The number of halogens is 2. The Kier molecular flexibility index (Phi) is 4.57. The Bertz CT molecular complexity index is 482. The highest BCUT2D eigenvalue weighted by Gasteiger charge is 2.32. The summed E-state index contributed by atoms with van der Waals surface area (Å²) in [6.07, 6.45) is 1.86. The maximum absolute atomic E-state index is 13.8. The van der Waals surface area contributed by atoms with Gasteiger partial charge < -0.3 is 10.6 Å². The van der Waals surface area contributed by atoms with Crippen molar-refractivity contribution < 1.29 is 13.6 Å². The Morgan fingerprint density at radius 3 is 2.45 bits per heavy atom. The molecule has 2 N–H and O–H groups in total. The van der Waals surface area contributed by atoms with Gasteiger partial charge in [0.2, 0.25) is 0 Å². The van der Waals surface area contributed by atoms with Gasteiger partial charge in [-0.05, 0) is 36.8 Å². The molecule has 3 nitrogen and oxygen atoms in total. The van der Waals surface area contributed by atoms with Crippen LogP contribution in [0.4, 0.5) is 14.5 Å². The van der Waals surface area contributed by atoms with Crippen LogP contribution in [-0.4, -0.2) is 19.0 Å². The van der Waals surface area contributed by atoms with Crippen LogP contribution >= 0.6 is 0 Å². The van der Waals surface area contributed by atoms with Crippen LogP contribution in [0.5, 0.6) is 0 Å². The van der Waals surface area contributed by atoms with Crippen LogP contribution < -0.4 is 10.6 Å². The molecule has 1 aliphatic rings. The van der Waals surface area contributed by atoms with Crippen molar-refractivity contribution in [2.24, 2.45) is 11.8 Å². The average Bonchev–Trinajstić information content (AvgIpc) is 3.11. The molecule has 1 saturated carbocycles. The maximum Gasteiger partial charge on any atom is 0.251 e. The molecule has 0 heterocycles. The molecule has 20 heavy (non-hydrogen) atoms. The van der Waals surface area contributed by atoms with Gasteiger partial charge in [0.25, 0.3) is 5.91 Å². The standard InChI is InChI=1S/C15H20F2N2O/c1-3-4-18-14-12(16)6-10(7-13(14)17)15(20)19-8-11-5-9(11)2/h6-7,9,11,18H,3-5,8H2,1-2H3,(H,19,20). The summed E-state index contributed by atoms with van der Waals surface area (Å²) in [4.78, 5) is 11.8. The van der Waals surface area contributed by atoms with Gasteiger partial charge >= 0.3 is 0 Å². The van der Waals surface area contributed by atoms with Crippen molar-refractivity contribution in [3.8, 4) is 0 Å². The first-order valence-corrected chi connectivity index (χ1v) is 7.04. The number of anilines is 1. The number of benzene rings is 1. The van der Waals surface area contributed by atoms with Crippen molar-refractivity contribution in [3.63, 3.8) is 0 Å². The second-order valence-electron chi connectivity index (χ2n) is 5.42. The normalized spacial score (nSPS) is 20.6. The topological polar surface area (TPSA) is 41.1 Å². The summed E-state index contributed by atoms with van der Waals surface area (Å²) in [6.45, 7) is 5.08. The summed E-state index contributed by atoms with van der Waals surface area (Å²) in [5, 5.41) is 5.40. The van der Waals surface area contributed by atoms with Gasteiger partial charge in [-0.3, -0.25) is 4.79 Å². The molecule has 2 rings (SSSR count). The smallest absolute Gasteiger partial charge is 0.251 e. The molecule has 1 amide bonds. The van der Waals surface area contributed by atoms with E-state index in [2.05, 4.69) is 17.6 Å². The highest BCUT2D eigenvalue weighted by Crippen LogP contribution is 2.36. The number of nitrogens with one attached hydrogen (secondary N) is 2. The number of rotatable bonds is 6. The van der Waals surface area contributed by atoms with Crippen LogP contribution in [-0.2, 0) is 0 Å². The largest absolute Gasteiger partial charge is 0.380 e. The van der Waals surface area contributed by atoms with Crippen LogP contribution in [0, 0.1) is 23.5 Å². The molecule has 5 heteroatoms. The first kappa shape index (κ1) is 14.8. The lowest BCUT2D eigenvalue weighted by Gasteiger charge is -2.10. The van der Waals surface area contributed by atoms with Crippen molar-refractivity contribution >= 4 is 11.6 Å². The lowest BCUT2D eigenvalue weighted by atomic mass is 10.1. The summed E-state index contributed by atoms with van der Waals surface area (Å²) >= 11 is 0. The molecule has 1 fully saturated rings. The van der Waals surface area contributed by atoms with E-state index in [1.165, 1.54) is 0 Å². The van der Waals surface area contributed by atoms with Gasteiger partial charge in [0, 0.05) is 18.7 Å². The highest BCUT2D eigenvalue weighted by molar-refractivity contribution is 5.94. The Morgan fingerprint density at radius 1 is 1.35 bits per heavy atom. The molecule has 0 aliphatic heterocycles. The molecular weight excluding hydrogens is 262 g/mol. The van der Waals surface area contributed by atoms with Crippen LogP contribution in [0.2, 0.25) is 0 Å². The zero-order valence-electron chi connectivity index (χ0n) is 11.8. The summed E-state index contributed by atoms with van der Waals surface area (Å²) in [7, 11) is 0. The van der Waals surface area contributed by atoms with Crippen molar-refractivity contribution in [1.82, 2.24) is 5.32 Å². The van der Waals surface area contributed by atoms with Gasteiger partial charge in [0.15, 0.2) is 0 Å². The summed E-state index contributed by atoms with van der Waals surface area (Å²) in [6, 6.07) is 2.15. The quantitative estimate of drug-likeness (QED) is 0.841. The third-order valence-corrected chi connectivity index (χ3v) is 3.66. The van der Waals surface area contributed by atoms with Crippen molar-refractivity contribution in [1.29, 1.82) is 0 Å². The number of amides is 1. The van der Waals surface area contributed by atoms with Crippen molar-refractivity contribution in [2.45, 2.75) is 26.7 Å². The van der Waals surface area contributed by atoms with E-state index in [9.17, 15) is 13.6 Å². The molecule has 2 atom stereocenters. The second-order valence-corrected chi connectivity index (χ2v) is 5.42. The van der Waals surface area contributed by atoms with Crippen LogP contribution in [0.25, 0.3) is 0 Å². The molecule has 1 aromatic carbocycles. The fraction of sp³-hybridized carbons (Fsp3) is 0.533. The Balaban J connectivity index is 2.02. The zero-order chi connectivity index (χ0) is 14.7. The van der Waals surface area contributed by atoms with Gasteiger partial charge in [-0.1, -0.05) is 13.8 Å².